The number of benzene rings is 2. The molecule has 1 aromatic heterocycles. The minimum Gasteiger partial charge on any atom is -0.331 e. The molecule has 4 nitrogen and oxygen atoms in total. The zero-order chi connectivity index (χ0) is 17.2. The molecule has 2 aromatic carbocycles. The van der Waals surface area contributed by atoms with Crippen molar-refractivity contribution >= 4 is 5.91 Å². The predicted molar refractivity (Wildman–Crippen MR) is 97.3 cm³/mol. The SMILES string of the molecule is O=C(c1ccc(-c2ccccc2)[nH]c1=O)N1CCC1c1ccccc1. The van der Waals surface area contributed by atoms with Crippen LogP contribution >= 0.6 is 0 Å². The molecule has 124 valence electrons. The molecule has 1 saturated heterocycles. The van der Waals surface area contributed by atoms with E-state index in [0.29, 0.717) is 12.2 Å². The highest BCUT2D eigenvalue weighted by Gasteiger charge is 2.34. The van der Waals surface area contributed by atoms with Crippen molar-refractivity contribution in [3.05, 3.63) is 94.3 Å². The Morgan fingerprint density at radius 2 is 1.60 bits per heavy atom. The van der Waals surface area contributed by atoms with Gasteiger partial charge in [0.05, 0.1) is 6.04 Å². The first-order chi connectivity index (χ1) is 12.2. The summed E-state index contributed by atoms with van der Waals surface area (Å²) in [4.78, 5) is 29.8. The fourth-order valence-corrected chi connectivity index (χ4v) is 3.24. The molecule has 0 spiro atoms. The van der Waals surface area contributed by atoms with Crippen molar-refractivity contribution in [2.75, 3.05) is 6.54 Å². The van der Waals surface area contributed by atoms with E-state index in [0.717, 1.165) is 17.5 Å². The van der Waals surface area contributed by atoms with Gasteiger partial charge in [-0.1, -0.05) is 60.7 Å². The van der Waals surface area contributed by atoms with Crippen LogP contribution in [0.2, 0.25) is 0 Å². The quantitative estimate of drug-likeness (QED) is 0.797. The van der Waals surface area contributed by atoms with Gasteiger partial charge in [-0.3, -0.25) is 9.59 Å². The molecule has 0 saturated carbocycles. The summed E-state index contributed by atoms with van der Waals surface area (Å²) in [7, 11) is 0. The maximum Gasteiger partial charge on any atom is 0.261 e. The standard InChI is InChI=1S/C21H18N2O2/c24-20-17(11-12-18(22-20)15-7-3-1-4-8-15)21(25)23-14-13-19(23)16-9-5-2-6-10-16/h1-12,19H,13-14H2,(H,22,24). The van der Waals surface area contributed by atoms with Crippen LogP contribution in [0.3, 0.4) is 0 Å². The maximum absolute atomic E-state index is 12.8. The second-order valence-corrected chi connectivity index (χ2v) is 6.19. The van der Waals surface area contributed by atoms with E-state index in [1.807, 2.05) is 60.7 Å². The van der Waals surface area contributed by atoms with Crippen molar-refractivity contribution in [2.24, 2.45) is 0 Å². The van der Waals surface area contributed by atoms with Crippen LogP contribution in [-0.2, 0) is 0 Å². The van der Waals surface area contributed by atoms with E-state index in [1.165, 1.54) is 0 Å². The first kappa shape index (κ1) is 15.4. The molecular formula is C21H18N2O2. The fourth-order valence-electron chi connectivity index (χ4n) is 3.24. The normalized spacial score (nSPS) is 16.3. The number of carbonyl (C=O) groups excluding carboxylic acids is 1. The Bertz CT molecular complexity index is 948. The van der Waals surface area contributed by atoms with Crippen LogP contribution in [0, 0.1) is 0 Å². The molecule has 4 rings (SSSR count). The van der Waals surface area contributed by atoms with Crippen molar-refractivity contribution in [1.82, 2.24) is 9.88 Å². The number of pyridine rings is 1. The summed E-state index contributed by atoms with van der Waals surface area (Å²) in [5.74, 6) is -0.207. The van der Waals surface area contributed by atoms with Gasteiger partial charge in [-0.25, -0.2) is 0 Å². The number of amides is 1. The second kappa shape index (κ2) is 6.40. The van der Waals surface area contributed by atoms with Gasteiger partial charge in [0, 0.05) is 12.2 Å². The minimum absolute atomic E-state index is 0.0573. The molecule has 1 N–H and O–H groups in total. The van der Waals surface area contributed by atoms with Gasteiger partial charge in [0.1, 0.15) is 5.56 Å². The van der Waals surface area contributed by atoms with Crippen LogP contribution < -0.4 is 5.56 Å². The van der Waals surface area contributed by atoms with Gasteiger partial charge in [-0.2, -0.15) is 0 Å². The van der Waals surface area contributed by atoms with E-state index in [2.05, 4.69) is 4.98 Å². The summed E-state index contributed by atoms with van der Waals surface area (Å²) >= 11 is 0. The molecule has 1 amide bonds. The molecule has 25 heavy (non-hydrogen) atoms. The van der Waals surface area contributed by atoms with Crippen molar-refractivity contribution in [2.45, 2.75) is 12.5 Å². The summed E-state index contributed by atoms with van der Waals surface area (Å²) in [6.07, 6.45) is 0.926. The molecule has 2 heterocycles. The lowest BCUT2D eigenvalue weighted by Crippen LogP contribution is -2.46. The second-order valence-electron chi connectivity index (χ2n) is 6.19. The Morgan fingerprint density at radius 1 is 0.920 bits per heavy atom. The Morgan fingerprint density at radius 3 is 2.20 bits per heavy atom. The number of hydrogen-bond acceptors (Lipinski definition) is 2. The third-order valence-electron chi connectivity index (χ3n) is 4.69. The molecule has 1 aliphatic heterocycles. The minimum atomic E-state index is -0.343. The van der Waals surface area contributed by atoms with Gasteiger partial charge in [-0.05, 0) is 29.7 Å². The van der Waals surface area contributed by atoms with Crippen molar-refractivity contribution in [3.8, 4) is 11.3 Å². The van der Waals surface area contributed by atoms with Crippen molar-refractivity contribution in [1.29, 1.82) is 0 Å². The molecule has 1 unspecified atom stereocenters. The summed E-state index contributed by atoms with van der Waals surface area (Å²) in [5, 5.41) is 0. The van der Waals surface area contributed by atoms with Crippen LogP contribution in [-0.4, -0.2) is 22.3 Å². The van der Waals surface area contributed by atoms with Crippen LogP contribution in [0.5, 0.6) is 0 Å². The lowest BCUT2D eigenvalue weighted by molar-refractivity contribution is 0.0458. The Kier molecular flexibility index (Phi) is 3.94. The summed E-state index contributed by atoms with van der Waals surface area (Å²) in [5.41, 5.74) is 2.60. The molecule has 1 fully saturated rings. The molecule has 3 aromatic rings. The van der Waals surface area contributed by atoms with E-state index >= 15 is 0 Å². The lowest BCUT2D eigenvalue weighted by Gasteiger charge is -2.41. The van der Waals surface area contributed by atoms with E-state index in [1.54, 1.807) is 17.0 Å². The highest BCUT2D eigenvalue weighted by atomic mass is 16.2. The number of carbonyl (C=O) groups is 1. The van der Waals surface area contributed by atoms with Gasteiger partial charge in [-0.15, -0.1) is 0 Å². The fraction of sp³-hybridized carbons (Fsp3) is 0.143. The first-order valence-electron chi connectivity index (χ1n) is 8.39. The van der Waals surface area contributed by atoms with Gasteiger partial charge >= 0.3 is 0 Å². The van der Waals surface area contributed by atoms with Crippen molar-refractivity contribution < 1.29 is 4.79 Å². The zero-order valence-corrected chi connectivity index (χ0v) is 13.7. The van der Waals surface area contributed by atoms with Crippen LogP contribution in [0.1, 0.15) is 28.4 Å². The van der Waals surface area contributed by atoms with Crippen LogP contribution in [0.4, 0.5) is 0 Å². The molecular weight excluding hydrogens is 312 g/mol. The van der Waals surface area contributed by atoms with Crippen LogP contribution in [0.15, 0.2) is 77.6 Å². The Labute approximate surface area is 145 Å². The Balaban J connectivity index is 1.60. The average Bonchev–Trinajstić information content (AvgIpc) is 2.62. The number of H-pyrrole nitrogens is 1. The maximum atomic E-state index is 12.8. The first-order valence-corrected chi connectivity index (χ1v) is 8.39. The molecule has 0 radical (unpaired) electrons. The van der Waals surface area contributed by atoms with E-state index in [4.69, 9.17) is 0 Å². The highest BCUT2D eigenvalue weighted by molar-refractivity contribution is 5.95. The summed E-state index contributed by atoms with van der Waals surface area (Å²) in [6.45, 7) is 0.679. The van der Waals surface area contributed by atoms with Gasteiger partial charge in [0.25, 0.3) is 11.5 Å². The monoisotopic (exact) mass is 330 g/mol. The van der Waals surface area contributed by atoms with E-state index in [9.17, 15) is 9.59 Å². The molecule has 4 heteroatoms. The van der Waals surface area contributed by atoms with Gasteiger partial charge in [0.15, 0.2) is 0 Å². The third kappa shape index (κ3) is 2.87. The van der Waals surface area contributed by atoms with Gasteiger partial charge < -0.3 is 9.88 Å². The predicted octanol–water partition coefficient (Wildman–Crippen LogP) is 3.63. The molecule has 1 aliphatic rings. The zero-order valence-electron chi connectivity index (χ0n) is 13.7. The average molecular weight is 330 g/mol. The summed E-state index contributed by atoms with van der Waals surface area (Å²) < 4.78 is 0. The molecule has 0 bridgehead atoms. The smallest absolute Gasteiger partial charge is 0.261 e. The largest absolute Gasteiger partial charge is 0.331 e. The van der Waals surface area contributed by atoms with Gasteiger partial charge in [0.2, 0.25) is 0 Å². The Hall–Kier alpha value is -3.14. The number of likely N-dealkylation sites (tertiary alicyclic amines) is 1. The van der Waals surface area contributed by atoms with Crippen molar-refractivity contribution in [3.63, 3.8) is 0 Å². The number of hydrogen-bond donors (Lipinski definition) is 1. The van der Waals surface area contributed by atoms with E-state index in [-0.39, 0.29) is 23.1 Å². The molecule has 1 atom stereocenters. The highest BCUT2D eigenvalue weighted by Crippen LogP contribution is 2.33. The lowest BCUT2D eigenvalue weighted by atomic mass is 9.94. The van der Waals surface area contributed by atoms with Crippen LogP contribution in [0.25, 0.3) is 11.3 Å². The summed E-state index contributed by atoms with van der Waals surface area (Å²) in [6, 6.07) is 23.0. The molecule has 0 aliphatic carbocycles. The topological polar surface area (TPSA) is 53.2 Å². The number of aromatic nitrogens is 1. The number of rotatable bonds is 3. The van der Waals surface area contributed by atoms with E-state index < -0.39 is 0 Å². The number of nitrogens with one attached hydrogen (secondary N) is 1. The number of aromatic amines is 1. The third-order valence-corrected chi connectivity index (χ3v) is 4.69. The number of nitrogens with zero attached hydrogens (tertiary/aromatic N) is 1.